The van der Waals surface area contributed by atoms with Crippen LogP contribution in [0.3, 0.4) is 0 Å². The molecule has 2 aliphatic heterocycles. The van der Waals surface area contributed by atoms with Gasteiger partial charge in [-0.3, -0.25) is 10.0 Å². The first-order valence-electron chi connectivity index (χ1n) is 15.3. The van der Waals surface area contributed by atoms with Crippen LogP contribution in [0.15, 0.2) is 0 Å². The van der Waals surface area contributed by atoms with Gasteiger partial charge in [0.2, 0.25) is 5.91 Å². The molecule has 19 nitrogen and oxygen atoms in total. The van der Waals surface area contributed by atoms with Crippen molar-refractivity contribution in [1.29, 1.82) is 0 Å². The Labute approximate surface area is 261 Å². The highest BCUT2D eigenvalue weighted by atomic mass is 16.7. The van der Waals surface area contributed by atoms with Crippen LogP contribution < -0.4 is 34.0 Å². The lowest BCUT2D eigenvalue weighted by molar-refractivity contribution is -0.320. The quantitative estimate of drug-likeness (QED) is 0.0575. The first-order chi connectivity index (χ1) is 21.4. The molecule has 18 N–H and O–H groups in total. The lowest BCUT2D eigenvalue weighted by atomic mass is 9.77. The smallest absolute Gasteiger partial charge is 0.246 e. The molecule has 15 atom stereocenters. The zero-order valence-electron chi connectivity index (χ0n) is 25.2. The highest BCUT2D eigenvalue weighted by Crippen LogP contribution is 2.36. The summed E-state index contributed by atoms with van der Waals surface area (Å²) in [6.07, 6.45) is -13.3. The molecule has 0 aromatic rings. The van der Waals surface area contributed by atoms with Crippen LogP contribution in [0.25, 0.3) is 0 Å². The summed E-state index contributed by atoms with van der Waals surface area (Å²) in [6.45, 7) is -0.460. The van der Waals surface area contributed by atoms with Gasteiger partial charge in [-0.1, -0.05) is 0 Å². The number of hydroxylamine groups is 2. The standard InChI is InChI=1S/C26H53N7O12/c27-2-1-12(35)9-32-14-7-15(36)16(8-29)42-25(14)45-24-13(30)5-11(6-18(37)33(41)4-3-28)23(22(24)40)44-26-21(39)19(31)20(38)17(10-34)43-26/h11-17,19-26,32,34-36,38-41H,1-10,27-31H2/t11-,12?,13-,14+,15-,16+,17+,19-,20+,21+,22+,23-,24+,25+,26+/m0/s1. The fourth-order valence-electron chi connectivity index (χ4n) is 6.01. The van der Waals surface area contributed by atoms with Gasteiger partial charge in [-0.15, -0.1) is 0 Å². The van der Waals surface area contributed by atoms with Crippen LogP contribution in [0.4, 0.5) is 0 Å². The van der Waals surface area contributed by atoms with Crippen LogP contribution in [0, 0.1) is 5.92 Å². The Bertz CT molecular complexity index is 899. The van der Waals surface area contributed by atoms with Crippen molar-refractivity contribution in [1.82, 2.24) is 10.4 Å². The summed E-state index contributed by atoms with van der Waals surface area (Å²) in [7, 11) is 0. The van der Waals surface area contributed by atoms with Gasteiger partial charge in [0.15, 0.2) is 12.6 Å². The number of nitrogens with zero attached hydrogens (tertiary/aromatic N) is 1. The molecular weight excluding hydrogens is 602 g/mol. The number of aliphatic hydroxyl groups is 6. The van der Waals surface area contributed by atoms with E-state index in [0.29, 0.717) is 11.5 Å². The zero-order valence-corrected chi connectivity index (χ0v) is 25.2. The van der Waals surface area contributed by atoms with Crippen LogP contribution in [0.1, 0.15) is 25.7 Å². The van der Waals surface area contributed by atoms with Gasteiger partial charge in [0.25, 0.3) is 0 Å². The topological polar surface area (TPSA) is 341 Å². The summed E-state index contributed by atoms with van der Waals surface area (Å²) in [5, 5.41) is 76.6. The van der Waals surface area contributed by atoms with Crippen molar-refractivity contribution >= 4 is 5.91 Å². The average Bonchev–Trinajstić information content (AvgIpc) is 3.00. The summed E-state index contributed by atoms with van der Waals surface area (Å²) in [5.74, 6) is -1.56. The Morgan fingerprint density at radius 1 is 0.933 bits per heavy atom. The number of carbonyl (C=O) groups is 1. The summed E-state index contributed by atoms with van der Waals surface area (Å²) in [4.78, 5) is 12.8. The number of ether oxygens (including phenoxy) is 4. The fraction of sp³-hybridized carbons (Fsp3) is 0.962. The number of nitrogens with one attached hydrogen (secondary N) is 1. The monoisotopic (exact) mass is 655 g/mol. The summed E-state index contributed by atoms with van der Waals surface area (Å²) < 4.78 is 23.8. The molecular formula is C26H53N7O12. The molecule has 1 unspecified atom stereocenters. The third-order valence-electron chi connectivity index (χ3n) is 8.63. The third-order valence-corrected chi connectivity index (χ3v) is 8.63. The lowest BCUT2D eigenvalue weighted by Crippen LogP contribution is -2.66. The van der Waals surface area contributed by atoms with E-state index in [0.717, 1.165) is 0 Å². The molecule has 1 amide bonds. The summed E-state index contributed by atoms with van der Waals surface area (Å²) in [6, 6.07) is -2.84. The first-order valence-corrected chi connectivity index (χ1v) is 15.3. The molecule has 3 rings (SSSR count). The van der Waals surface area contributed by atoms with E-state index in [1.165, 1.54) is 0 Å². The van der Waals surface area contributed by atoms with Crippen molar-refractivity contribution in [3.8, 4) is 0 Å². The van der Waals surface area contributed by atoms with E-state index in [2.05, 4.69) is 5.32 Å². The van der Waals surface area contributed by atoms with Crippen LogP contribution in [0.2, 0.25) is 0 Å². The van der Waals surface area contributed by atoms with Gasteiger partial charge in [0, 0.05) is 32.1 Å². The molecule has 3 fully saturated rings. The van der Waals surface area contributed by atoms with Crippen LogP contribution in [-0.4, -0.2) is 172 Å². The largest absolute Gasteiger partial charge is 0.394 e. The van der Waals surface area contributed by atoms with Crippen molar-refractivity contribution in [3.63, 3.8) is 0 Å². The van der Waals surface area contributed by atoms with Gasteiger partial charge in [0.05, 0.1) is 49.7 Å². The Kier molecular flexibility index (Phi) is 15.1. The Morgan fingerprint density at radius 2 is 1.60 bits per heavy atom. The van der Waals surface area contributed by atoms with Gasteiger partial charge < -0.3 is 83.6 Å². The van der Waals surface area contributed by atoms with E-state index in [9.17, 15) is 40.6 Å². The van der Waals surface area contributed by atoms with Gasteiger partial charge in [-0.05, 0) is 31.7 Å². The maximum absolute atomic E-state index is 12.8. The second-order valence-corrected chi connectivity index (χ2v) is 12.0. The maximum atomic E-state index is 12.8. The van der Waals surface area contributed by atoms with Crippen LogP contribution in [0.5, 0.6) is 0 Å². The molecule has 3 aliphatic rings. The zero-order chi connectivity index (χ0) is 33.4. The van der Waals surface area contributed by atoms with Gasteiger partial charge >= 0.3 is 0 Å². The van der Waals surface area contributed by atoms with Crippen molar-refractivity contribution in [2.45, 2.75) is 111 Å². The maximum Gasteiger partial charge on any atom is 0.246 e. The molecule has 264 valence electrons. The Balaban J connectivity index is 1.85. The van der Waals surface area contributed by atoms with Gasteiger partial charge in [-0.2, -0.15) is 0 Å². The van der Waals surface area contributed by atoms with Crippen molar-refractivity contribution in [3.05, 3.63) is 0 Å². The second-order valence-electron chi connectivity index (χ2n) is 12.0. The minimum absolute atomic E-state index is 0.00586. The molecule has 0 aromatic carbocycles. The number of hydrogen-bond donors (Lipinski definition) is 13. The van der Waals surface area contributed by atoms with Gasteiger partial charge in [-0.25, -0.2) is 5.06 Å². The SMILES string of the molecule is NCCC(O)CN[C@@H]1C[C@H](O)[C@@H](CN)O[C@@H]1O[C@H]1[C@H](O)[C@@H](O[C@H]2O[C@H](CO)[C@@H](O)[C@H](N)[C@H]2O)[C@H](CC(=O)N(O)CCN)C[C@@H]1N. The van der Waals surface area contributed by atoms with Crippen molar-refractivity contribution in [2.75, 3.05) is 39.3 Å². The normalized spacial score (nSPS) is 41.5. The van der Waals surface area contributed by atoms with Crippen LogP contribution in [-0.2, 0) is 23.7 Å². The van der Waals surface area contributed by atoms with E-state index in [4.69, 9.17) is 47.6 Å². The molecule has 0 spiro atoms. The first kappa shape index (κ1) is 38.2. The number of rotatable bonds is 15. The van der Waals surface area contributed by atoms with Gasteiger partial charge in [0.1, 0.15) is 30.5 Å². The summed E-state index contributed by atoms with van der Waals surface area (Å²) in [5.41, 5.74) is 29.2. The predicted molar refractivity (Wildman–Crippen MR) is 155 cm³/mol. The molecule has 1 saturated carbocycles. The van der Waals surface area contributed by atoms with E-state index in [-0.39, 0.29) is 52.0 Å². The molecule has 2 heterocycles. The molecule has 0 aromatic heterocycles. The Morgan fingerprint density at radius 3 is 2.22 bits per heavy atom. The molecule has 1 aliphatic carbocycles. The van der Waals surface area contributed by atoms with Crippen LogP contribution >= 0.6 is 0 Å². The average molecular weight is 656 g/mol. The number of aliphatic hydroxyl groups excluding tert-OH is 6. The summed E-state index contributed by atoms with van der Waals surface area (Å²) >= 11 is 0. The van der Waals surface area contributed by atoms with E-state index >= 15 is 0 Å². The fourth-order valence-corrected chi connectivity index (χ4v) is 6.01. The number of amides is 1. The van der Waals surface area contributed by atoms with Crippen molar-refractivity contribution < 1.29 is 59.6 Å². The van der Waals surface area contributed by atoms with E-state index < -0.39 is 104 Å². The lowest BCUT2D eigenvalue weighted by Gasteiger charge is -2.49. The van der Waals surface area contributed by atoms with E-state index in [1.807, 2.05) is 0 Å². The minimum atomic E-state index is -1.59. The second kappa shape index (κ2) is 17.8. The molecule has 0 bridgehead atoms. The third kappa shape index (κ3) is 9.67. The molecule has 19 heteroatoms. The predicted octanol–water partition coefficient (Wildman–Crippen LogP) is -7.10. The number of carbonyl (C=O) groups excluding carboxylic acids is 1. The Hall–Kier alpha value is -1.21. The molecule has 2 saturated heterocycles. The minimum Gasteiger partial charge on any atom is -0.394 e. The van der Waals surface area contributed by atoms with E-state index in [1.54, 1.807) is 0 Å². The highest BCUT2D eigenvalue weighted by molar-refractivity contribution is 5.75. The van der Waals surface area contributed by atoms with Crippen molar-refractivity contribution in [2.24, 2.45) is 34.6 Å². The number of nitrogens with two attached hydrogens (primary N) is 5. The highest BCUT2D eigenvalue weighted by Gasteiger charge is 2.51. The molecule has 0 radical (unpaired) electrons. The number of hydrogen-bond acceptors (Lipinski definition) is 18. The molecule has 45 heavy (non-hydrogen) atoms.